The van der Waals surface area contributed by atoms with Gasteiger partial charge in [-0.05, 0) is 37.6 Å². The molecule has 8 nitrogen and oxygen atoms in total. The Labute approximate surface area is 190 Å². The third-order valence-corrected chi connectivity index (χ3v) is 6.31. The Kier molecular flexibility index (Phi) is 7.50. The molecule has 166 valence electrons. The lowest BCUT2D eigenvalue weighted by atomic mass is 10.2. The number of carbonyl (C=O) groups is 2. The highest BCUT2D eigenvalue weighted by atomic mass is 35.5. The topological polar surface area (TPSA) is 76.9 Å². The lowest BCUT2D eigenvalue weighted by molar-refractivity contribution is -0.152. The molecule has 0 bridgehead atoms. The molecule has 2 amide bonds. The summed E-state index contributed by atoms with van der Waals surface area (Å²) in [5, 5.41) is 7.68. The van der Waals surface area contributed by atoms with Crippen LogP contribution in [0.1, 0.15) is 17.7 Å². The number of aromatic nitrogens is 2. The van der Waals surface area contributed by atoms with Crippen LogP contribution in [0.2, 0.25) is 5.15 Å². The van der Waals surface area contributed by atoms with Gasteiger partial charge in [-0.15, -0.1) is 11.8 Å². The van der Waals surface area contributed by atoms with Gasteiger partial charge in [0.2, 0.25) is 0 Å². The molecule has 1 aliphatic rings. The average molecular weight is 465 g/mol. The van der Waals surface area contributed by atoms with E-state index >= 15 is 0 Å². The summed E-state index contributed by atoms with van der Waals surface area (Å²) >= 11 is 7.60. The molecule has 0 spiro atoms. The monoisotopic (exact) mass is 464 g/mol. The summed E-state index contributed by atoms with van der Waals surface area (Å²) in [4.78, 5) is 26.4. The number of carbonyl (C=O) groups excluding carboxylic acids is 2. The number of halogens is 1. The first kappa shape index (κ1) is 23.0. The third-order valence-electron chi connectivity index (χ3n) is 4.88. The van der Waals surface area contributed by atoms with Crippen LogP contribution in [-0.4, -0.2) is 64.7 Å². The zero-order valence-electron chi connectivity index (χ0n) is 17.9. The Bertz CT molecular complexity index is 1010. The number of thioether (sulfide) groups is 1. The molecule has 1 aromatic carbocycles. The second-order valence-electron chi connectivity index (χ2n) is 6.88. The molecule has 0 atom stereocenters. The quantitative estimate of drug-likeness (QED) is 0.462. The molecule has 10 heteroatoms. The molecule has 0 saturated carbocycles. The maximum Gasteiger partial charge on any atom is 0.265 e. The molecule has 1 fully saturated rings. The van der Waals surface area contributed by atoms with Gasteiger partial charge in [-0.1, -0.05) is 11.6 Å². The van der Waals surface area contributed by atoms with Crippen LogP contribution in [0.15, 0.2) is 29.2 Å². The maximum atomic E-state index is 12.8. The molecule has 0 aliphatic carbocycles. The van der Waals surface area contributed by atoms with Gasteiger partial charge in [0.15, 0.2) is 11.5 Å². The van der Waals surface area contributed by atoms with E-state index in [1.807, 2.05) is 19.1 Å². The SMILES string of the molecule is COc1ccc(SCC(=O)N2CCCN2C(=O)C=Cc2c(C)nn(C)c2Cl)cc1OC. The highest BCUT2D eigenvalue weighted by Crippen LogP contribution is 2.32. The molecule has 2 heterocycles. The van der Waals surface area contributed by atoms with Crippen molar-refractivity contribution in [2.24, 2.45) is 7.05 Å². The normalized spacial score (nSPS) is 13.8. The molecule has 31 heavy (non-hydrogen) atoms. The first-order valence-electron chi connectivity index (χ1n) is 9.69. The Morgan fingerprint density at radius 1 is 1.19 bits per heavy atom. The fraction of sp³-hybridized carbons (Fsp3) is 0.381. The molecule has 2 aromatic rings. The van der Waals surface area contributed by atoms with Gasteiger partial charge in [0.25, 0.3) is 11.8 Å². The van der Waals surface area contributed by atoms with E-state index in [0.29, 0.717) is 35.3 Å². The number of hydrogen-bond donors (Lipinski definition) is 0. The predicted molar refractivity (Wildman–Crippen MR) is 120 cm³/mol. The van der Waals surface area contributed by atoms with E-state index in [-0.39, 0.29) is 17.6 Å². The smallest absolute Gasteiger partial charge is 0.265 e. The van der Waals surface area contributed by atoms with E-state index in [1.54, 1.807) is 38.1 Å². The minimum Gasteiger partial charge on any atom is -0.493 e. The molecule has 3 rings (SSSR count). The number of methoxy groups -OCH3 is 2. The van der Waals surface area contributed by atoms with Crippen LogP contribution in [0.25, 0.3) is 6.08 Å². The highest BCUT2D eigenvalue weighted by molar-refractivity contribution is 8.00. The van der Waals surface area contributed by atoms with Gasteiger partial charge < -0.3 is 9.47 Å². The van der Waals surface area contributed by atoms with Crippen molar-refractivity contribution in [3.8, 4) is 11.5 Å². The summed E-state index contributed by atoms with van der Waals surface area (Å²) in [5.41, 5.74) is 1.43. The van der Waals surface area contributed by atoms with Gasteiger partial charge >= 0.3 is 0 Å². The zero-order chi connectivity index (χ0) is 22.5. The number of ether oxygens (including phenoxy) is 2. The van der Waals surface area contributed by atoms with Crippen molar-refractivity contribution in [3.63, 3.8) is 0 Å². The van der Waals surface area contributed by atoms with Crippen LogP contribution in [-0.2, 0) is 16.6 Å². The van der Waals surface area contributed by atoms with Crippen molar-refractivity contribution >= 4 is 41.3 Å². The molecular formula is C21H25ClN4O4S. The Hall–Kier alpha value is -2.65. The van der Waals surface area contributed by atoms with Crippen molar-refractivity contribution in [2.75, 3.05) is 33.1 Å². The lowest BCUT2D eigenvalue weighted by Crippen LogP contribution is -2.44. The number of hydrogen-bond acceptors (Lipinski definition) is 6. The Morgan fingerprint density at radius 2 is 1.90 bits per heavy atom. The first-order valence-corrected chi connectivity index (χ1v) is 11.1. The van der Waals surface area contributed by atoms with E-state index in [1.165, 1.54) is 27.9 Å². The van der Waals surface area contributed by atoms with Crippen molar-refractivity contribution in [1.29, 1.82) is 0 Å². The summed E-state index contributed by atoms with van der Waals surface area (Å²) in [5.74, 6) is 1.05. The van der Waals surface area contributed by atoms with Crippen LogP contribution in [0.5, 0.6) is 11.5 Å². The number of benzene rings is 1. The Morgan fingerprint density at radius 3 is 2.55 bits per heavy atom. The maximum absolute atomic E-state index is 12.8. The van der Waals surface area contributed by atoms with Crippen LogP contribution in [0.3, 0.4) is 0 Å². The first-order chi connectivity index (χ1) is 14.8. The number of nitrogens with zero attached hydrogens (tertiary/aromatic N) is 4. The number of rotatable bonds is 7. The van der Waals surface area contributed by atoms with Gasteiger partial charge in [-0.3, -0.25) is 19.3 Å². The summed E-state index contributed by atoms with van der Waals surface area (Å²) in [6.45, 7) is 2.83. The molecule has 1 aromatic heterocycles. The second kappa shape index (κ2) is 10.1. The number of amides is 2. The summed E-state index contributed by atoms with van der Waals surface area (Å²) in [6.07, 6.45) is 3.81. The minimum atomic E-state index is -0.263. The fourth-order valence-corrected chi connectivity index (χ4v) is 4.33. The number of hydrazine groups is 1. The largest absolute Gasteiger partial charge is 0.493 e. The van der Waals surface area contributed by atoms with E-state index in [9.17, 15) is 9.59 Å². The van der Waals surface area contributed by atoms with Crippen LogP contribution >= 0.6 is 23.4 Å². The summed E-state index contributed by atoms with van der Waals surface area (Å²) in [7, 11) is 4.88. The summed E-state index contributed by atoms with van der Waals surface area (Å²) in [6, 6.07) is 5.50. The molecule has 0 N–H and O–H groups in total. The van der Waals surface area contributed by atoms with Crippen LogP contribution in [0, 0.1) is 6.92 Å². The van der Waals surface area contributed by atoms with Gasteiger partial charge in [0.1, 0.15) is 5.15 Å². The average Bonchev–Trinajstić information content (AvgIpc) is 3.35. The predicted octanol–water partition coefficient (Wildman–Crippen LogP) is 3.18. The van der Waals surface area contributed by atoms with E-state index in [2.05, 4.69) is 5.10 Å². The number of aryl methyl sites for hydroxylation is 2. The second-order valence-corrected chi connectivity index (χ2v) is 8.29. The van der Waals surface area contributed by atoms with E-state index in [0.717, 1.165) is 17.0 Å². The van der Waals surface area contributed by atoms with Gasteiger partial charge in [-0.2, -0.15) is 5.10 Å². The standard InChI is InChI=1S/C21H25ClN4O4S/c1-14-16(21(22)24(2)23-14)7-9-19(27)25-10-5-11-26(25)20(28)13-31-15-6-8-17(29-3)18(12-15)30-4/h6-9,12H,5,10-11,13H2,1-4H3. The molecule has 1 saturated heterocycles. The molecule has 1 aliphatic heterocycles. The van der Waals surface area contributed by atoms with E-state index < -0.39 is 0 Å². The van der Waals surface area contributed by atoms with Crippen molar-refractivity contribution in [2.45, 2.75) is 18.2 Å². The van der Waals surface area contributed by atoms with Gasteiger partial charge in [0.05, 0.1) is 25.7 Å². The minimum absolute atomic E-state index is 0.130. The van der Waals surface area contributed by atoms with Crippen molar-refractivity contribution < 1.29 is 19.1 Å². The highest BCUT2D eigenvalue weighted by Gasteiger charge is 2.29. The fourth-order valence-electron chi connectivity index (χ4n) is 3.30. The summed E-state index contributed by atoms with van der Waals surface area (Å²) < 4.78 is 12.1. The third kappa shape index (κ3) is 5.16. The van der Waals surface area contributed by atoms with Crippen molar-refractivity contribution in [1.82, 2.24) is 19.8 Å². The van der Waals surface area contributed by atoms with Gasteiger partial charge in [-0.25, -0.2) is 5.01 Å². The lowest BCUT2D eigenvalue weighted by Gasteiger charge is -2.26. The molecule has 0 unspecified atom stereocenters. The molecule has 0 radical (unpaired) electrons. The van der Waals surface area contributed by atoms with Gasteiger partial charge in [0, 0.05) is 36.7 Å². The zero-order valence-corrected chi connectivity index (χ0v) is 19.5. The van der Waals surface area contributed by atoms with E-state index in [4.69, 9.17) is 21.1 Å². The van der Waals surface area contributed by atoms with Crippen molar-refractivity contribution in [3.05, 3.63) is 40.7 Å². The molecular weight excluding hydrogens is 440 g/mol. The van der Waals surface area contributed by atoms with Crippen LogP contribution < -0.4 is 9.47 Å². The Balaban J connectivity index is 1.63. The van der Waals surface area contributed by atoms with Crippen LogP contribution in [0.4, 0.5) is 0 Å².